The summed E-state index contributed by atoms with van der Waals surface area (Å²) in [5.74, 6) is 0.398. The minimum Gasteiger partial charge on any atom is -0.459 e. The van der Waals surface area contributed by atoms with E-state index in [-0.39, 0.29) is 17.6 Å². The molecule has 4 rings (SSSR count). The summed E-state index contributed by atoms with van der Waals surface area (Å²) in [6, 6.07) is 16.5. The van der Waals surface area contributed by atoms with E-state index in [1.165, 1.54) is 24.7 Å². The molecule has 0 aliphatic carbocycles. The average molecular weight is 432 g/mol. The molecule has 1 unspecified atom stereocenters. The second-order valence-corrected chi connectivity index (χ2v) is 8.59. The van der Waals surface area contributed by atoms with Crippen molar-refractivity contribution >= 4 is 23.2 Å². The molecule has 0 spiro atoms. The van der Waals surface area contributed by atoms with E-state index in [9.17, 15) is 9.59 Å². The van der Waals surface area contributed by atoms with Gasteiger partial charge in [-0.15, -0.1) is 0 Å². The van der Waals surface area contributed by atoms with E-state index < -0.39 is 0 Å². The van der Waals surface area contributed by atoms with Crippen molar-refractivity contribution in [2.75, 3.05) is 23.7 Å². The van der Waals surface area contributed by atoms with E-state index in [1.807, 2.05) is 25.1 Å². The van der Waals surface area contributed by atoms with Crippen LogP contribution >= 0.6 is 0 Å². The first-order chi connectivity index (χ1) is 15.5. The van der Waals surface area contributed by atoms with E-state index >= 15 is 0 Å². The highest BCUT2D eigenvalue weighted by molar-refractivity contribution is 6.07. The number of nitrogens with one attached hydrogen (secondary N) is 2. The largest absolute Gasteiger partial charge is 0.459 e. The summed E-state index contributed by atoms with van der Waals surface area (Å²) >= 11 is 0. The number of aryl methyl sites for hydroxylation is 1. The lowest BCUT2D eigenvalue weighted by molar-refractivity contribution is 0.0993. The number of anilines is 2. The predicted molar refractivity (Wildman–Crippen MR) is 126 cm³/mol. The van der Waals surface area contributed by atoms with Crippen LogP contribution < -0.4 is 10.6 Å². The zero-order chi connectivity index (χ0) is 22.5. The Hall–Kier alpha value is -3.38. The first-order valence-corrected chi connectivity index (χ1v) is 11.1. The quantitative estimate of drug-likeness (QED) is 0.554. The fourth-order valence-electron chi connectivity index (χ4n) is 4.07. The second-order valence-electron chi connectivity index (χ2n) is 8.59. The van der Waals surface area contributed by atoms with Crippen molar-refractivity contribution in [1.29, 1.82) is 0 Å². The average Bonchev–Trinajstić information content (AvgIpc) is 3.32. The van der Waals surface area contributed by atoms with Crippen LogP contribution in [-0.4, -0.2) is 29.8 Å². The molecule has 0 bridgehead atoms. The number of benzene rings is 2. The van der Waals surface area contributed by atoms with Crippen LogP contribution in [0.1, 0.15) is 51.8 Å². The highest BCUT2D eigenvalue weighted by Gasteiger charge is 2.16. The smallest absolute Gasteiger partial charge is 0.291 e. The molecule has 3 aromatic rings. The standard InChI is InChI=1S/C26H29N3O3/c1-18-5-3-13-29(16-18)17-20-8-11-22(12-9-20)27-25(30)21-10-7-19(2)23(15-21)28-26(31)24-6-4-14-32-24/h4,6-12,14-15,18H,3,5,13,16-17H2,1-2H3,(H,27,30)(H,28,31). The van der Waals surface area contributed by atoms with Crippen molar-refractivity contribution in [3.05, 3.63) is 83.3 Å². The molecule has 2 heterocycles. The van der Waals surface area contributed by atoms with Gasteiger partial charge in [0.25, 0.3) is 11.8 Å². The lowest BCUT2D eigenvalue weighted by Crippen LogP contribution is -2.33. The number of piperidine rings is 1. The molecule has 6 nitrogen and oxygen atoms in total. The molecular formula is C26H29N3O3. The maximum Gasteiger partial charge on any atom is 0.291 e. The van der Waals surface area contributed by atoms with Gasteiger partial charge in [-0.2, -0.15) is 0 Å². The third kappa shape index (κ3) is 5.45. The van der Waals surface area contributed by atoms with Crippen LogP contribution in [0.25, 0.3) is 0 Å². The van der Waals surface area contributed by atoms with Gasteiger partial charge in [0.05, 0.1) is 6.26 Å². The third-order valence-electron chi connectivity index (χ3n) is 5.85. The van der Waals surface area contributed by atoms with Crippen molar-refractivity contribution in [2.45, 2.75) is 33.2 Å². The van der Waals surface area contributed by atoms with Crippen LogP contribution in [0, 0.1) is 12.8 Å². The lowest BCUT2D eigenvalue weighted by atomic mass is 10.00. The summed E-state index contributed by atoms with van der Waals surface area (Å²) in [7, 11) is 0. The Bertz CT molecular complexity index is 1070. The molecule has 1 aliphatic rings. The van der Waals surface area contributed by atoms with Gasteiger partial charge in [-0.1, -0.05) is 25.1 Å². The molecule has 32 heavy (non-hydrogen) atoms. The molecule has 1 aromatic heterocycles. The molecule has 2 amide bonds. The van der Waals surface area contributed by atoms with Crippen LogP contribution in [0.4, 0.5) is 11.4 Å². The molecule has 2 aromatic carbocycles. The lowest BCUT2D eigenvalue weighted by Gasteiger charge is -2.30. The highest BCUT2D eigenvalue weighted by Crippen LogP contribution is 2.21. The number of furan rings is 1. The Labute approximate surface area is 188 Å². The number of carbonyl (C=O) groups is 2. The number of carbonyl (C=O) groups excluding carboxylic acids is 2. The summed E-state index contributed by atoms with van der Waals surface area (Å²) in [5, 5.41) is 5.74. The van der Waals surface area contributed by atoms with Gasteiger partial charge in [-0.05, 0) is 79.8 Å². The fraction of sp³-hybridized carbons (Fsp3) is 0.308. The monoisotopic (exact) mass is 431 g/mol. The Balaban J connectivity index is 1.38. The van der Waals surface area contributed by atoms with Crippen molar-refractivity contribution in [1.82, 2.24) is 4.90 Å². The minimum absolute atomic E-state index is 0.221. The van der Waals surface area contributed by atoms with Gasteiger partial charge in [0.2, 0.25) is 0 Å². The number of nitrogens with zero attached hydrogens (tertiary/aromatic N) is 1. The number of hydrogen-bond acceptors (Lipinski definition) is 4. The minimum atomic E-state index is -0.352. The van der Waals surface area contributed by atoms with Crippen LogP contribution in [0.2, 0.25) is 0 Å². The highest BCUT2D eigenvalue weighted by atomic mass is 16.3. The van der Waals surface area contributed by atoms with Crippen LogP contribution in [-0.2, 0) is 6.54 Å². The Morgan fingerprint density at radius 3 is 2.59 bits per heavy atom. The molecule has 1 aliphatic heterocycles. The predicted octanol–water partition coefficient (Wildman–Crippen LogP) is 5.32. The number of amides is 2. The molecule has 166 valence electrons. The Kier molecular flexibility index (Phi) is 6.71. The fourth-order valence-corrected chi connectivity index (χ4v) is 4.07. The maximum atomic E-state index is 12.8. The van der Waals surface area contributed by atoms with Gasteiger partial charge in [-0.25, -0.2) is 0 Å². The molecule has 1 saturated heterocycles. The van der Waals surface area contributed by atoms with Crippen LogP contribution in [0.3, 0.4) is 0 Å². The van der Waals surface area contributed by atoms with Crippen molar-refractivity contribution < 1.29 is 14.0 Å². The SMILES string of the molecule is Cc1ccc(C(=O)Nc2ccc(CN3CCCC(C)C3)cc2)cc1NC(=O)c1ccco1. The van der Waals surface area contributed by atoms with E-state index in [0.29, 0.717) is 11.3 Å². The molecule has 2 N–H and O–H groups in total. The topological polar surface area (TPSA) is 74.6 Å². The second kappa shape index (κ2) is 9.83. The first-order valence-electron chi connectivity index (χ1n) is 11.1. The van der Waals surface area contributed by atoms with Crippen molar-refractivity contribution in [3.8, 4) is 0 Å². The molecule has 0 saturated carbocycles. The van der Waals surface area contributed by atoms with E-state index in [2.05, 4.69) is 34.6 Å². The van der Waals surface area contributed by atoms with Gasteiger partial charge in [0.1, 0.15) is 0 Å². The van der Waals surface area contributed by atoms with Crippen LogP contribution in [0.5, 0.6) is 0 Å². The number of likely N-dealkylation sites (tertiary alicyclic amines) is 1. The van der Waals surface area contributed by atoms with Gasteiger partial charge in [-0.3, -0.25) is 14.5 Å². The zero-order valence-electron chi connectivity index (χ0n) is 18.6. The van der Waals surface area contributed by atoms with Gasteiger partial charge in [0, 0.05) is 30.0 Å². The number of hydrogen-bond donors (Lipinski definition) is 2. The molecular weight excluding hydrogens is 402 g/mol. The van der Waals surface area contributed by atoms with E-state index in [4.69, 9.17) is 4.42 Å². The Morgan fingerprint density at radius 2 is 1.88 bits per heavy atom. The van der Waals surface area contributed by atoms with E-state index in [0.717, 1.165) is 36.8 Å². The Morgan fingerprint density at radius 1 is 1.06 bits per heavy atom. The molecule has 1 fully saturated rings. The summed E-state index contributed by atoms with van der Waals surface area (Å²) < 4.78 is 5.13. The summed E-state index contributed by atoms with van der Waals surface area (Å²) in [4.78, 5) is 27.6. The van der Waals surface area contributed by atoms with Crippen LogP contribution in [0.15, 0.2) is 65.3 Å². The van der Waals surface area contributed by atoms with Gasteiger partial charge < -0.3 is 15.1 Å². The molecule has 1 atom stereocenters. The number of rotatable bonds is 6. The first kappa shape index (κ1) is 21.8. The summed E-state index contributed by atoms with van der Waals surface area (Å²) in [6.07, 6.45) is 4.02. The normalized spacial score (nSPS) is 16.5. The van der Waals surface area contributed by atoms with Crippen molar-refractivity contribution in [2.24, 2.45) is 5.92 Å². The summed E-state index contributed by atoms with van der Waals surface area (Å²) in [6.45, 7) is 7.42. The zero-order valence-corrected chi connectivity index (χ0v) is 18.6. The van der Waals surface area contributed by atoms with Crippen molar-refractivity contribution in [3.63, 3.8) is 0 Å². The maximum absolute atomic E-state index is 12.8. The summed E-state index contributed by atoms with van der Waals surface area (Å²) in [5.41, 5.74) is 3.89. The van der Waals surface area contributed by atoms with Gasteiger partial charge in [0.15, 0.2) is 5.76 Å². The van der Waals surface area contributed by atoms with E-state index in [1.54, 1.807) is 24.3 Å². The molecule has 6 heteroatoms. The van der Waals surface area contributed by atoms with Gasteiger partial charge >= 0.3 is 0 Å². The molecule has 0 radical (unpaired) electrons. The third-order valence-corrected chi connectivity index (χ3v) is 5.85.